The Labute approximate surface area is 72.5 Å². The fourth-order valence-electron chi connectivity index (χ4n) is 1.03. The summed E-state index contributed by atoms with van der Waals surface area (Å²) in [6, 6.07) is 0. The van der Waals surface area contributed by atoms with Crippen LogP contribution in [-0.2, 0) is 4.74 Å². The first-order valence-electron chi connectivity index (χ1n) is 3.79. The second-order valence-electron chi connectivity index (χ2n) is 3.28. The Bertz CT molecular complexity index is 289. The van der Waals surface area contributed by atoms with E-state index in [1.807, 2.05) is 18.2 Å². The van der Waals surface area contributed by atoms with Crippen molar-refractivity contribution in [3.05, 3.63) is 36.1 Å². The van der Waals surface area contributed by atoms with Crippen molar-refractivity contribution in [2.45, 2.75) is 13.8 Å². The average Bonchev–Trinajstić information content (AvgIpc) is 2.11. The summed E-state index contributed by atoms with van der Waals surface area (Å²) in [5, 5.41) is 8.31. The molecule has 0 saturated carbocycles. The molecule has 1 rings (SSSR count). The highest BCUT2D eigenvalue weighted by atomic mass is 16.5. The van der Waals surface area contributed by atoms with Crippen LogP contribution in [0, 0.1) is 16.9 Å². The third kappa shape index (κ3) is 2.28. The van der Waals surface area contributed by atoms with Crippen molar-refractivity contribution in [1.82, 2.24) is 0 Å². The zero-order valence-electron chi connectivity index (χ0n) is 7.24. The molecule has 0 amide bonds. The number of ether oxygens (including phenoxy) is 1. The van der Waals surface area contributed by atoms with Gasteiger partial charge in [0.2, 0.25) is 0 Å². The van der Waals surface area contributed by atoms with E-state index < -0.39 is 0 Å². The van der Waals surface area contributed by atoms with Crippen molar-refractivity contribution in [2.24, 2.45) is 5.41 Å². The molecule has 0 bridgehead atoms. The second kappa shape index (κ2) is 3.27. The largest absolute Gasteiger partial charge is 0.388 e. The molecule has 12 heavy (non-hydrogen) atoms. The normalized spacial score (nSPS) is 19.2. The van der Waals surface area contributed by atoms with Gasteiger partial charge in [-0.05, 0) is 12.2 Å². The van der Waals surface area contributed by atoms with Crippen LogP contribution in [0.4, 0.5) is 0 Å². The molecule has 0 aromatic rings. The molecule has 2 nitrogen and oxygen atoms in total. The SMILES string of the molecule is CC1(C)C=CC=CC(OC#N)=C1. The first-order valence-corrected chi connectivity index (χ1v) is 3.79. The first-order chi connectivity index (χ1) is 5.64. The van der Waals surface area contributed by atoms with Crippen LogP contribution in [0.3, 0.4) is 0 Å². The quantitative estimate of drug-likeness (QED) is 0.553. The van der Waals surface area contributed by atoms with E-state index in [-0.39, 0.29) is 5.41 Å². The third-order valence-corrected chi connectivity index (χ3v) is 1.58. The van der Waals surface area contributed by atoms with Gasteiger partial charge in [-0.15, -0.1) is 5.26 Å². The van der Waals surface area contributed by atoms with Gasteiger partial charge in [0.25, 0.3) is 6.26 Å². The van der Waals surface area contributed by atoms with Gasteiger partial charge in [0, 0.05) is 5.41 Å². The van der Waals surface area contributed by atoms with Crippen molar-refractivity contribution in [1.29, 1.82) is 5.26 Å². The summed E-state index contributed by atoms with van der Waals surface area (Å²) in [7, 11) is 0. The minimum absolute atomic E-state index is 0.0459. The molecule has 0 spiro atoms. The maximum Gasteiger partial charge on any atom is 0.292 e. The number of hydrogen-bond donors (Lipinski definition) is 0. The molecule has 0 atom stereocenters. The van der Waals surface area contributed by atoms with Gasteiger partial charge in [0.15, 0.2) is 0 Å². The number of hydrogen-bond acceptors (Lipinski definition) is 2. The lowest BCUT2D eigenvalue weighted by Gasteiger charge is -2.13. The number of rotatable bonds is 1. The Balaban J connectivity index is 2.89. The van der Waals surface area contributed by atoms with E-state index in [0.717, 1.165) is 0 Å². The van der Waals surface area contributed by atoms with Crippen LogP contribution < -0.4 is 0 Å². The zero-order chi connectivity index (χ0) is 9.03. The molecule has 0 fully saturated rings. The average molecular weight is 161 g/mol. The summed E-state index contributed by atoms with van der Waals surface area (Å²) >= 11 is 0. The molecule has 0 aromatic heterocycles. The first kappa shape index (κ1) is 8.61. The van der Waals surface area contributed by atoms with Gasteiger partial charge in [0.05, 0.1) is 0 Å². The van der Waals surface area contributed by atoms with Crippen LogP contribution in [0.1, 0.15) is 13.8 Å². The van der Waals surface area contributed by atoms with Gasteiger partial charge in [-0.1, -0.05) is 32.1 Å². The molecule has 0 unspecified atom stereocenters. The summed E-state index contributed by atoms with van der Waals surface area (Å²) in [4.78, 5) is 0. The van der Waals surface area contributed by atoms with Gasteiger partial charge in [-0.25, -0.2) is 0 Å². The standard InChI is InChI=1S/C10H11NO/c1-10(2)6-4-3-5-9(7-10)12-8-11/h3-7H,1-2H3. The van der Waals surface area contributed by atoms with Crippen molar-refractivity contribution in [2.75, 3.05) is 0 Å². The zero-order valence-corrected chi connectivity index (χ0v) is 7.24. The summed E-state index contributed by atoms with van der Waals surface area (Å²) in [5.41, 5.74) is -0.0459. The monoisotopic (exact) mass is 161 g/mol. The molecule has 1 aliphatic rings. The van der Waals surface area contributed by atoms with Crippen LogP contribution in [0.15, 0.2) is 36.1 Å². The fraction of sp³-hybridized carbons (Fsp3) is 0.300. The molecule has 0 aromatic carbocycles. The van der Waals surface area contributed by atoms with E-state index >= 15 is 0 Å². The molecule has 0 heterocycles. The van der Waals surface area contributed by atoms with E-state index in [9.17, 15) is 0 Å². The lowest BCUT2D eigenvalue weighted by molar-refractivity contribution is 0.383. The molecule has 0 aliphatic heterocycles. The fourth-order valence-corrected chi connectivity index (χ4v) is 1.03. The predicted molar refractivity (Wildman–Crippen MR) is 46.8 cm³/mol. The van der Waals surface area contributed by atoms with Crippen LogP contribution in [0.25, 0.3) is 0 Å². The maximum absolute atomic E-state index is 8.31. The van der Waals surface area contributed by atoms with Crippen molar-refractivity contribution < 1.29 is 4.74 Å². The Kier molecular flexibility index (Phi) is 2.35. The summed E-state index contributed by atoms with van der Waals surface area (Å²) in [5.74, 6) is 0.604. The highest BCUT2D eigenvalue weighted by molar-refractivity contribution is 5.27. The molecule has 0 N–H and O–H groups in total. The molecule has 1 aliphatic carbocycles. The van der Waals surface area contributed by atoms with Gasteiger partial charge in [-0.2, -0.15) is 0 Å². The van der Waals surface area contributed by atoms with Crippen LogP contribution >= 0.6 is 0 Å². The highest BCUT2D eigenvalue weighted by Gasteiger charge is 2.12. The minimum Gasteiger partial charge on any atom is -0.388 e. The topological polar surface area (TPSA) is 33.0 Å². The third-order valence-electron chi connectivity index (χ3n) is 1.58. The van der Waals surface area contributed by atoms with E-state index in [2.05, 4.69) is 19.9 Å². The predicted octanol–water partition coefficient (Wildman–Crippen LogP) is 2.52. The summed E-state index contributed by atoms with van der Waals surface area (Å²) < 4.78 is 4.74. The molecule has 0 radical (unpaired) electrons. The maximum atomic E-state index is 8.31. The van der Waals surface area contributed by atoms with Crippen molar-refractivity contribution in [3.63, 3.8) is 0 Å². The Morgan fingerprint density at radius 3 is 2.83 bits per heavy atom. The highest BCUT2D eigenvalue weighted by Crippen LogP contribution is 2.23. The van der Waals surface area contributed by atoms with Gasteiger partial charge in [-0.3, -0.25) is 0 Å². The number of nitrogens with zero attached hydrogens (tertiary/aromatic N) is 1. The molecule has 0 saturated heterocycles. The van der Waals surface area contributed by atoms with Crippen LogP contribution in [0.5, 0.6) is 0 Å². The van der Waals surface area contributed by atoms with Crippen molar-refractivity contribution in [3.8, 4) is 6.26 Å². The number of nitriles is 1. The Morgan fingerprint density at radius 2 is 2.17 bits per heavy atom. The molecule has 2 heteroatoms. The molecular formula is C10H11NO. The lowest BCUT2D eigenvalue weighted by atomic mass is 9.93. The van der Waals surface area contributed by atoms with Gasteiger partial charge in [0.1, 0.15) is 5.76 Å². The van der Waals surface area contributed by atoms with Gasteiger partial charge < -0.3 is 4.74 Å². The smallest absolute Gasteiger partial charge is 0.292 e. The summed E-state index contributed by atoms with van der Waals surface area (Å²) in [6.07, 6.45) is 11.2. The van der Waals surface area contributed by atoms with Gasteiger partial charge >= 0.3 is 0 Å². The summed E-state index contributed by atoms with van der Waals surface area (Å²) in [6.45, 7) is 4.11. The van der Waals surface area contributed by atoms with E-state index in [1.54, 1.807) is 12.3 Å². The van der Waals surface area contributed by atoms with E-state index in [0.29, 0.717) is 5.76 Å². The minimum atomic E-state index is -0.0459. The number of allylic oxidation sites excluding steroid dienone is 5. The van der Waals surface area contributed by atoms with Crippen LogP contribution in [-0.4, -0.2) is 0 Å². The van der Waals surface area contributed by atoms with E-state index in [4.69, 9.17) is 10.00 Å². The van der Waals surface area contributed by atoms with Crippen LogP contribution in [0.2, 0.25) is 0 Å². The molecular weight excluding hydrogens is 150 g/mol. The molecule has 62 valence electrons. The second-order valence-corrected chi connectivity index (χ2v) is 3.28. The van der Waals surface area contributed by atoms with E-state index in [1.165, 1.54) is 0 Å². The Morgan fingerprint density at radius 1 is 1.42 bits per heavy atom. The lowest BCUT2D eigenvalue weighted by Crippen LogP contribution is -2.02. The van der Waals surface area contributed by atoms with Crippen molar-refractivity contribution >= 4 is 0 Å². The Hall–Kier alpha value is -1.49.